The molecule has 0 saturated carbocycles. The monoisotopic (exact) mass is 354 g/mol. The normalized spacial score (nSPS) is 19.7. The van der Waals surface area contributed by atoms with Gasteiger partial charge in [-0.2, -0.15) is 0 Å². The van der Waals surface area contributed by atoms with Crippen LogP contribution in [-0.2, 0) is 24.3 Å². The number of hydrogen-bond acceptors (Lipinski definition) is 3. The number of aromatic hydroxyl groups is 1. The number of piperidine rings is 1. The summed E-state index contributed by atoms with van der Waals surface area (Å²) in [5.74, 6) is -0.290. The Morgan fingerprint density at radius 1 is 1.12 bits per heavy atom. The van der Waals surface area contributed by atoms with Gasteiger partial charge < -0.3 is 10.4 Å². The van der Waals surface area contributed by atoms with Crippen LogP contribution in [0.3, 0.4) is 0 Å². The van der Waals surface area contributed by atoms with E-state index in [1.807, 2.05) is 12.1 Å². The van der Waals surface area contributed by atoms with Gasteiger partial charge in [-0.3, -0.25) is 9.69 Å². The van der Waals surface area contributed by atoms with Crippen LogP contribution in [0.15, 0.2) is 42.5 Å². The van der Waals surface area contributed by atoms with Gasteiger partial charge >= 0.3 is 0 Å². The molecule has 1 saturated heterocycles. The first-order chi connectivity index (χ1) is 12.6. The van der Waals surface area contributed by atoms with Crippen molar-refractivity contribution in [3.8, 4) is 5.75 Å². The molecule has 136 valence electrons. The fraction of sp³-hybridized carbons (Fsp3) is 0.381. The van der Waals surface area contributed by atoms with Gasteiger partial charge in [-0.05, 0) is 49.5 Å². The molecule has 4 rings (SSSR count). The van der Waals surface area contributed by atoms with Crippen molar-refractivity contribution in [2.24, 2.45) is 5.41 Å². The van der Waals surface area contributed by atoms with E-state index in [1.165, 1.54) is 17.2 Å². The molecule has 0 aromatic heterocycles. The Balaban J connectivity index is 1.47. The van der Waals surface area contributed by atoms with E-state index >= 15 is 0 Å². The molecule has 2 heterocycles. The lowest BCUT2D eigenvalue weighted by atomic mass is 9.73. The average Bonchev–Trinajstić information content (AvgIpc) is 2.77. The van der Waals surface area contributed by atoms with Gasteiger partial charge in [-0.1, -0.05) is 30.3 Å². The molecule has 0 bridgehead atoms. The first-order valence-corrected chi connectivity index (χ1v) is 9.11. The molecule has 5 heteroatoms. The van der Waals surface area contributed by atoms with Gasteiger partial charge in [0.05, 0.1) is 5.41 Å². The number of carbonyl (C=O) groups is 1. The topological polar surface area (TPSA) is 52.6 Å². The van der Waals surface area contributed by atoms with Crippen molar-refractivity contribution < 1.29 is 14.3 Å². The summed E-state index contributed by atoms with van der Waals surface area (Å²) in [5.41, 5.74) is 2.83. The minimum atomic E-state index is -0.433. The van der Waals surface area contributed by atoms with E-state index < -0.39 is 5.82 Å². The van der Waals surface area contributed by atoms with Gasteiger partial charge in [-0.25, -0.2) is 4.39 Å². The van der Waals surface area contributed by atoms with Crippen LogP contribution in [0.25, 0.3) is 0 Å². The second-order valence-electron chi connectivity index (χ2n) is 7.46. The molecular weight excluding hydrogens is 331 g/mol. The lowest BCUT2D eigenvalue weighted by Gasteiger charge is -2.40. The van der Waals surface area contributed by atoms with Crippen LogP contribution in [0.5, 0.6) is 5.75 Å². The van der Waals surface area contributed by atoms with Crippen molar-refractivity contribution in [2.45, 2.75) is 32.4 Å². The highest BCUT2D eigenvalue weighted by Crippen LogP contribution is 2.38. The Bertz CT molecular complexity index is 829. The van der Waals surface area contributed by atoms with Crippen LogP contribution in [-0.4, -0.2) is 29.0 Å². The zero-order valence-electron chi connectivity index (χ0n) is 14.7. The van der Waals surface area contributed by atoms with Crippen LogP contribution < -0.4 is 5.32 Å². The molecule has 1 fully saturated rings. The molecule has 2 N–H and O–H groups in total. The number of rotatable bonds is 2. The lowest BCUT2D eigenvalue weighted by Crippen LogP contribution is -2.48. The highest BCUT2D eigenvalue weighted by Gasteiger charge is 2.42. The summed E-state index contributed by atoms with van der Waals surface area (Å²) >= 11 is 0. The predicted octanol–water partition coefficient (Wildman–Crippen LogP) is 2.99. The first-order valence-electron chi connectivity index (χ1n) is 9.11. The van der Waals surface area contributed by atoms with Crippen LogP contribution in [0.1, 0.15) is 29.5 Å². The number of benzene rings is 2. The molecule has 1 amide bonds. The highest BCUT2D eigenvalue weighted by molar-refractivity contribution is 5.83. The van der Waals surface area contributed by atoms with Crippen molar-refractivity contribution in [3.63, 3.8) is 0 Å². The number of likely N-dealkylation sites (tertiary alicyclic amines) is 1. The Morgan fingerprint density at radius 2 is 1.85 bits per heavy atom. The quantitative estimate of drug-likeness (QED) is 0.872. The molecular formula is C21H23FN2O2. The summed E-state index contributed by atoms with van der Waals surface area (Å²) in [6, 6.07) is 12.4. The van der Waals surface area contributed by atoms with Crippen LogP contribution in [0.4, 0.5) is 4.39 Å². The summed E-state index contributed by atoms with van der Waals surface area (Å²) in [6.07, 6.45) is 2.36. The molecule has 2 aromatic carbocycles. The van der Waals surface area contributed by atoms with Gasteiger partial charge in [0.15, 0.2) is 0 Å². The number of nitrogens with zero attached hydrogens (tertiary/aromatic N) is 1. The molecule has 26 heavy (non-hydrogen) atoms. The number of nitrogens with one attached hydrogen (secondary N) is 1. The fourth-order valence-corrected chi connectivity index (χ4v) is 4.16. The van der Waals surface area contributed by atoms with E-state index in [0.717, 1.165) is 44.0 Å². The highest BCUT2D eigenvalue weighted by atomic mass is 19.1. The van der Waals surface area contributed by atoms with Crippen molar-refractivity contribution >= 4 is 5.91 Å². The maximum atomic E-state index is 13.1. The zero-order valence-corrected chi connectivity index (χ0v) is 14.7. The van der Waals surface area contributed by atoms with E-state index in [-0.39, 0.29) is 17.1 Å². The lowest BCUT2D eigenvalue weighted by molar-refractivity contribution is -0.133. The molecule has 2 aliphatic heterocycles. The molecule has 1 spiro atoms. The number of phenols is 1. The van der Waals surface area contributed by atoms with E-state index in [9.17, 15) is 14.3 Å². The SMILES string of the molecule is O=C1NCc2ccccc2CC12CCN(Cc1ccc(F)cc1O)CC2. The molecule has 0 atom stereocenters. The summed E-state index contributed by atoms with van der Waals surface area (Å²) in [7, 11) is 0. The Hall–Kier alpha value is -2.40. The molecule has 2 aromatic rings. The van der Waals surface area contributed by atoms with E-state index in [0.29, 0.717) is 13.1 Å². The van der Waals surface area contributed by atoms with Crippen LogP contribution in [0.2, 0.25) is 0 Å². The zero-order chi connectivity index (χ0) is 18.1. The van der Waals surface area contributed by atoms with Crippen LogP contribution in [0, 0.1) is 11.2 Å². The summed E-state index contributed by atoms with van der Waals surface area (Å²) in [5, 5.41) is 13.0. The van der Waals surface area contributed by atoms with Gasteiger partial charge in [0.25, 0.3) is 0 Å². The maximum absolute atomic E-state index is 13.1. The van der Waals surface area contributed by atoms with Gasteiger partial charge in [0.1, 0.15) is 11.6 Å². The summed E-state index contributed by atoms with van der Waals surface area (Å²) in [4.78, 5) is 15.0. The third kappa shape index (κ3) is 3.19. The predicted molar refractivity (Wildman–Crippen MR) is 97.0 cm³/mol. The smallest absolute Gasteiger partial charge is 0.226 e. The number of halogens is 1. The van der Waals surface area contributed by atoms with E-state index in [2.05, 4.69) is 22.3 Å². The number of hydrogen-bond donors (Lipinski definition) is 2. The van der Waals surface area contributed by atoms with Crippen LogP contribution >= 0.6 is 0 Å². The minimum absolute atomic E-state index is 0.00794. The Labute approximate surface area is 152 Å². The molecule has 4 nitrogen and oxygen atoms in total. The maximum Gasteiger partial charge on any atom is 0.226 e. The second kappa shape index (κ2) is 6.72. The van der Waals surface area contributed by atoms with Crippen molar-refractivity contribution in [2.75, 3.05) is 13.1 Å². The molecule has 2 aliphatic rings. The van der Waals surface area contributed by atoms with Crippen molar-refractivity contribution in [1.29, 1.82) is 0 Å². The van der Waals surface area contributed by atoms with Crippen molar-refractivity contribution in [3.05, 3.63) is 65.0 Å². The average molecular weight is 354 g/mol. The van der Waals surface area contributed by atoms with Gasteiger partial charge in [-0.15, -0.1) is 0 Å². The standard InChI is InChI=1S/C21H23FN2O2/c22-18-6-5-17(19(25)11-18)14-24-9-7-21(8-10-24)12-15-3-1-2-4-16(15)13-23-20(21)26/h1-6,11,25H,7-10,12-14H2,(H,23,26). The van der Waals surface area contributed by atoms with Gasteiger partial charge in [0, 0.05) is 24.7 Å². The summed E-state index contributed by atoms with van der Waals surface area (Å²) < 4.78 is 13.1. The number of phenolic OH excluding ortho intramolecular Hbond substituents is 1. The minimum Gasteiger partial charge on any atom is -0.508 e. The Kier molecular flexibility index (Phi) is 4.41. The van der Waals surface area contributed by atoms with E-state index in [1.54, 1.807) is 6.07 Å². The molecule has 0 radical (unpaired) electrons. The fourth-order valence-electron chi connectivity index (χ4n) is 4.16. The third-order valence-electron chi connectivity index (χ3n) is 5.82. The Morgan fingerprint density at radius 3 is 2.58 bits per heavy atom. The molecule has 0 unspecified atom stereocenters. The largest absolute Gasteiger partial charge is 0.508 e. The van der Waals surface area contributed by atoms with Crippen molar-refractivity contribution in [1.82, 2.24) is 10.2 Å². The number of amides is 1. The summed E-state index contributed by atoms with van der Waals surface area (Å²) in [6.45, 7) is 2.74. The third-order valence-corrected chi connectivity index (χ3v) is 5.82. The number of carbonyl (C=O) groups excluding carboxylic acids is 1. The van der Waals surface area contributed by atoms with Gasteiger partial charge in [0.2, 0.25) is 5.91 Å². The van der Waals surface area contributed by atoms with E-state index in [4.69, 9.17) is 0 Å². The number of fused-ring (bicyclic) bond motifs is 1. The molecule has 0 aliphatic carbocycles. The second-order valence-corrected chi connectivity index (χ2v) is 7.46. The first kappa shape index (κ1) is 17.0.